The number of amides is 1. The van der Waals surface area contributed by atoms with Crippen LogP contribution in [0, 0.1) is 0 Å². The van der Waals surface area contributed by atoms with Crippen LogP contribution in [0.4, 0.5) is 5.69 Å². The van der Waals surface area contributed by atoms with Gasteiger partial charge in [0.25, 0.3) is 5.91 Å². The Kier molecular flexibility index (Phi) is 7.50. The SMILES string of the molecule is Cl.O=C(c1cc[nH]c1)N(c1ccccc1)C1CCN(CCc2ccccc2)CC1. The summed E-state index contributed by atoms with van der Waals surface area (Å²) in [5.41, 5.74) is 3.09. The van der Waals surface area contributed by atoms with Gasteiger partial charge < -0.3 is 14.8 Å². The van der Waals surface area contributed by atoms with Gasteiger partial charge in [-0.3, -0.25) is 4.79 Å². The number of carbonyl (C=O) groups excluding carboxylic acids is 1. The zero-order chi connectivity index (χ0) is 19.2. The number of para-hydroxylation sites is 1. The minimum Gasteiger partial charge on any atom is -0.367 e. The van der Waals surface area contributed by atoms with Crippen LogP contribution in [0.1, 0.15) is 28.8 Å². The molecule has 0 bridgehead atoms. The lowest BCUT2D eigenvalue weighted by molar-refractivity contribution is 0.0960. The molecule has 4 rings (SSSR count). The Morgan fingerprint density at radius 1 is 0.966 bits per heavy atom. The lowest BCUT2D eigenvalue weighted by Gasteiger charge is -2.38. The Labute approximate surface area is 179 Å². The summed E-state index contributed by atoms with van der Waals surface area (Å²) < 4.78 is 0. The highest BCUT2D eigenvalue weighted by molar-refractivity contribution is 6.06. The van der Waals surface area contributed by atoms with Gasteiger partial charge in [-0.25, -0.2) is 0 Å². The topological polar surface area (TPSA) is 39.3 Å². The van der Waals surface area contributed by atoms with Crippen molar-refractivity contribution in [3.63, 3.8) is 0 Å². The second-order valence-electron chi connectivity index (χ2n) is 7.42. The lowest BCUT2D eigenvalue weighted by Crippen LogP contribution is -2.48. The number of nitrogens with zero attached hydrogens (tertiary/aromatic N) is 2. The van der Waals surface area contributed by atoms with E-state index in [9.17, 15) is 4.79 Å². The fraction of sp³-hybridized carbons (Fsp3) is 0.292. The van der Waals surface area contributed by atoms with E-state index >= 15 is 0 Å². The fourth-order valence-corrected chi connectivity index (χ4v) is 4.01. The molecule has 0 saturated carbocycles. The molecule has 5 heteroatoms. The predicted octanol–water partition coefficient (Wildman–Crippen LogP) is 4.79. The van der Waals surface area contributed by atoms with Gasteiger partial charge >= 0.3 is 0 Å². The van der Waals surface area contributed by atoms with Crippen LogP contribution in [0.2, 0.25) is 0 Å². The van der Waals surface area contributed by atoms with E-state index in [1.807, 2.05) is 47.5 Å². The molecule has 0 spiro atoms. The average molecular weight is 410 g/mol. The first-order chi connectivity index (χ1) is 13.8. The van der Waals surface area contributed by atoms with Crippen LogP contribution in [0.3, 0.4) is 0 Å². The predicted molar refractivity (Wildman–Crippen MR) is 121 cm³/mol. The standard InChI is InChI=1S/C24H27N3O.ClH/c28-24(21-11-15-25-19-21)27(22-9-5-2-6-10-22)23-13-17-26(18-14-23)16-12-20-7-3-1-4-8-20;/h1-11,15,19,23,25H,12-14,16-18H2;1H. The normalized spacial score (nSPS) is 14.9. The van der Waals surface area contributed by atoms with Crippen LogP contribution in [-0.2, 0) is 6.42 Å². The molecule has 2 heterocycles. The highest BCUT2D eigenvalue weighted by Gasteiger charge is 2.29. The molecule has 0 unspecified atom stereocenters. The first kappa shape index (κ1) is 21.2. The third kappa shape index (κ3) is 5.28. The summed E-state index contributed by atoms with van der Waals surface area (Å²) in [4.78, 5) is 20.7. The van der Waals surface area contributed by atoms with Crippen molar-refractivity contribution in [2.24, 2.45) is 0 Å². The zero-order valence-electron chi connectivity index (χ0n) is 16.5. The van der Waals surface area contributed by atoms with Crippen LogP contribution in [-0.4, -0.2) is 41.5 Å². The van der Waals surface area contributed by atoms with Gasteiger partial charge in [-0.15, -0.1) is 12.4 Å². The summed E-state index contributed by atoms with van der Waals surface area (Å²) in [5, 5.41) is 0. The number of benzene rings is 2. The van der Waals surface area contributed by atoms with Gasteiger partial charge in [-0.05, 0) is 43.0 Å². The van der Waals surface area contributed by atoms with Gasteiger partial charge in [-0.1, -0.05) is 48.5 Å². The van der Waals surface area contributed by atoms with E-state index in [0.717, 1.165) is 50.1 Å². The molecular formula is C24H28ClN3O. The van der Waals surface area contributed by atoms with E-state index in [0.29, 0.717) is 0 Å². The molecule has 3 aromatic rings. The van der Waals surface area contributed by atoms with Crippen molar-refractivity contribution in [2.45, 2.75) is 25.3 Å². The summed E-state index contributed by atoms with van der Waals surface area (Å²) in [6.45, 7) is 3.14. The second kappa shape index (κ2) is 10.3. The van der Waals surface area contributed by atoms with E-state index in [1.165, 1.54) is 5.56 Å². The van der Waals surface area contributed by atoms with Crippen LogP contribution >= 0.6 is 12.4 Å². The molecule has 1 fully saturated rings. The maximum atomic E-state index is 13.2. The van der Waals surface area contributed by atoms with Crippen LogP contribution in [0.15, 0.2) is 79.1 Å². The number of piperidine rings is 1. The van der Waals surface area contributed by atoms with E-state index < -0.39 is 0 Å². The van der Waals surface area contributed by atoms with E-state index in [2.05, 4.69) is 40.2 Å². The smallest absolute Gasteiger partial charge is 0.260 e. The molecule has 1 saturated heterocycles. The van der Waals surface area contributed by atoms with Crippen molar-refractivity contribution in [1.29, 1.82) is 0 Å². The van der Waals surface area contributed by atoms with Crippen LogP contribution < -0.4 is 4.90 Å². The number of aromatic nitrogens is 1. The van der Waals surface area contributed by atoms with Crippen molar-refractivity contribution in [3.05, 3.63) is 90.3 Å². The monoisotopic (exact) mass is 409 g/mol. The van der Waals surface area contributed by atoms with Crippen molar-refractivity contribution in [1.82, 2.24) is 9.88 Å². The summed E-state index contributed by atoms with van der Waals surface area (Å²) in [6.07, 6.45) is 6.67. The molecule has 1 N–H and O–H groups in total. The Bertz CT molecular complexity index is 860. The molecule has 1 aliphatic rings. The van der Waals surface area contributed by atoms with Gasteiger partial charge in [0.2, 0.25) is 0 Å². The fourth-order valence-electron chi connectivity index (χ4n) is 4.01. The first-order valence-electron chi connectivity index (χ1n) is 10.1. The minimum atomic E-state index is 0. The number of likely N-dealkylation sites (tertiary alicyclic amines) is 1. The second-order valence-corrected chi connectivity index (χ2v) is 7.42. The number of H-pyrrole nitrogens is 1. The van der Waals surface area contributed by atoms with Crippen molar-refractivity contribution < 1.29 is 4.79 Å². The van der Waals surface area contributed by atoms with Gasteiger partial charge in [0.05, 0.1) is 5.56 Å². The minimum absolute atomic E-state index is 0. The molecule has 1 amide bonds. The summed E-state index contributed by atoms with van der Waals surface area (Å²) >= 11 is 0. The highest BCUT2D eigenvalue weighted by atomic mass is 35.5. The highest BCUT2D eigenvalue weighted by Crippen LogP contribution is 2.26. The summed E-state index contributed by atoms with van der Waals surface area (Å²) in [5.74, 6) is 0.0789. The number of nitrogens with one attached hydrogen (secondary N) is 1. The molecule has 1 aromatic heterocycles. The van der Waals surface area contributed by atoms with Crippen molar-refractivity contribution >= 4 is 24.0 Å². The molecule has 2 aromatic carbocycles. The molecule has 4 nitrogen and oxygen atoms in total. The Balaban J connectivity index is 0.00000240. The molecule has 152 valence electrons. The van der Waals surface area contributed by atoms with E-state index in [-0.39, 0.29) is 24.4 Å². The molecule has 0 radical (unpaired) electrons. The van der Waals surface area contributed by atoms with Gasteiger partial charge in [-0.2, -0.15) is 0 Å². The number of halogens is 1. The first-order valence-corrected chi connectivity index (χ1v) is 10.1. The third-order valence-corrected chi connectivity index (χ3v) is 5.58. The molecule has 0 atom stereocenters. The maximum absolute atomic E-state index is 13.2. The molecule has 1 aliphatic heterocycles. The molecule has 0 aliphatic carbocycles. The number of anilines is 1. The van der Waals surface area contributed by atoms with E-state index in [1.54, 1.807) is 6.20 Å². The number of aromatic amines is 1. The number of hydrogen-bond acceptors (Lipinski definition) is 2. The third-order valence-electron chi connectivity index (χ3n) is 5.58. The lowest BCUT2D eigenvalue weighted by atomic mass is 10.0. The van der Waals surface area contributed by atoms with Crippen LogP contribution in [0.5, 0.6) is 0 Å². The van der Waals surface area contributed by atoms with Crippen LogP contribution in [0.25, 0.3) is 0 Å². The Morgan fingerprint density at radius 2 is 1.62 bits per heavy atom. The summed E-state index contributed by atoms with van der Waals surface area (Å²) in [7, 11) is 0. The summed E-state index contributed by atoms with van der Waals surface area (Å²) in [6, 6.07) is 22.8. The number of hydrogen-bond donors (Lipinski definition) is 1. The largest absolute Gasteiger partial charge is 0.367 e. The van der Waals surface area contributed by atoms with Gasteiger partial charge in [0.15, 0.2) is 0 Å². The average Bonchev–Trinajstić information content (AvgIpc) is 3.30. The zero-order valence-corrected chi connectivity index (χ0v) is 17.4. The number of rotatable bonds is 6. The van der Waals surface area contributed by atoms with Gasteiger partial charge in [0.1, 0.15) is 0 Å². The van der Waals surface area contributed by atoms with Crippen molar-refractivity contribution in [2.75, 3.05) is 24.5 Å². The number of carbonyl (C=O) groups is 1. The van der Waals surface area contributed by atoms with Gasteiger partial charge in [0, 0.05) is 43.8 Å². The van der Waals surface area contributed by atoms with E-state index in [4.69, 9.17) is 0 Å². The quantitative estimate of drug-likeness (QED) is 0.635. The Morgan fingerprint density at radius 3 is 2.24 bits per heavy atom. The maximum Gasteiger partial charge on any atom is 0.260 e. The molecule has 29 heavy (non-hydrogen) atoms. The molecular weight excluding hydrogens is 382 g/mol. The Hall–Kier alpha value is -2.56. The van der Waals surface area contributed by atoms with Crippen molar-refractivity contribution in [3.8, 4) is 0 Å².